The third-order valence-corrected chi connectivity index (χ3v) is 4.07. The summed E-state index contributed by atoms with van der Waals surface area (Å²) >= 11 is 0. The fraction of sp³-hybridized carbons (Fsp3) is 0.625. The molecule has 0 amide bonds. The third kappa shape index (κ3) is 5.70. The van der Waals surface area contributed by atoms with E-state index in [1.54, 1.807) is 0 Å². The van der Waals surface area contributed by atoms with E-state index >= 15 is 0 Å². The molecule has 1 aliphatic heterocycles. The maximum absolute atomic E-state index is 9.32. The van der Waals surface area contributed by atoms with Crippen LogP contribution in [0.3, 0.4) is 0 Å². The zero-order chi connectivity index (χ0) is 13.7. The van der Waals surface area contributed by atoms with E-state index in [-0.39, 0.29) is 18.5 Å². The number of nitrogen functional groups attached to an aromatic ring is 1. The molecule has 1 fully saturated rings. The number of nitrogens with zero attached hydrogens (tertiary/aromatic N) is 1. The van der Waals surface area contributed by atoms with Gasteiger partial charge in [0.05, 0.1) is 6.10 Å². The van der Waals surface area contributed by atoms with Gasteiger partial charge in [0.2, 0.25) is 0 Å². The Morgan fingerprint density at radius 2 is 1.85 bits per heavy atom. The van der Waals surface area contributed by atoms with Crippen LogP contribution in [0.5, 0.6) is 0 Å². The molecule has 1 atom stereocenters. The van der Waals surface area contributed by atoms with Crippen LogP contribution in [0.4, 0.5) is 5.69 Å². The van der Waals surface area contributed by atoms with Crippen molar-refractivity contribution < 1.29 is 5.11 Å². The van der Waals surface area contributed by atoms with Gasteiger partial charge < -0.3 is 15.7 Å². The first kappa shape index (κ1) is 17.3. The Morgan fingerprint density at radius 1 is 1.25 bits per heavy atom. The van der Waals surface area contributed by atoms with Gasteiger partial charge in [-0.15, -0.1) is 12.4 Å². The first-order chi connectivity index (χ1) is 9.13. The van der Waals surface area contributed by atoms with Crippen LogP contribution in [0.15, 0.2) is 24.3 Å². The molecular weight excluding hydrogens is 272 g/mol. The summed E-state index contributed by atoms with van der Waals surface area (Å²) in [4.78, 5) is 2.48. The van der Waals surface area contributed by atoms with E-state index in [2.05, 4.69) is 17.0 Å². The van der Waals surface area contributed by atoms with Crippen LogP contribution in [0.1, 0.15) is 31.7 Å². The zero-order valence-corrected chi connectivity index (χ0v) is 13.1. The molecule has 4 heteroatoms. The molecule has 114 valence electrons. The van der Waals surface area contributed by atoms with Gasteiger partial charge in [-0.3, -0.25) is 0 Å². The fourth-order valence-corrected chi connectivity index (χ4v) is 2.77. The van der Waals surface area contributed by atoms with Crippen molar-refractivity contribution >= 4 is 18.1 Å². The molecule has 3 nitrogen and oxygen atoms in total. The van der Waals surface area contributed by atoms with Crippen molar-refractivity contribution in [2.45, 2.75) is 38.7 Å². The fourth-order valence-electron chi connectivity index (χ4n) is 2.77. The van der Waals surface area contributed by atoms with Gasteiger partial charge in [0.25, 0.3) is 0 Å². The number of benzene rings is 1. The molecule has 0 radical (unpaired) electrons. The van der Waals surface area contributed by atoms with Crippen LogP contribution in [-0.2, 0) is 6.42 Å². The third-order valence-electron chi connectivity index (χ3n) is 4.07. The average Bonchev–Trinajstić information content (AvgIpc) is 2.40. The molecule has 1 unspecified atom stereocenters. The lowest BCUT2D eigenvalue weighted by molar-refractivity contribution is 0.133. The second-order valence-corrected chi connectivity index (χ2v) is 5.87. The largest absolute Gasteiger partial charge is 0.399 e. The van der Waals surface area contributed by atoms with Crippen molar-refractivity contribution in [2.24, 2.45) is 5.92 Å². The molecular formula is C16H27ClN2O. The summed E-state index contributed by atoms with van der Waals surface area (Å²) in [5, 5.41) is 9.32. The van der Waals surface area contributed by atoms with Gasteiger partial charge in [0, 0.05) is 12.2 Å². The van der Waals surface area contributed by atoms with Crippen LogP contribution >= 0.6 is 12.4 Å². The van der Waals surface area contributed by atoms with Crippen molar-refractivity contribution in [1.82, 2.24) is 4.90 Å². The van der Waals surface area contributed by atoms with Crippen molar-refractivity contribution in [3.05, 3.63) is 29.8 Å². The second kappa shape index (κ2) is 8.50. The van der Waals surface area contributed by atoms with Crippen molar-refractivity contribution in [3.8, 4) is 0 Å². The van der Waals surface area contributed by atoms with Gasteiger partial charge in [-0.25, -0.2) is 0 Å². The Kier molecular flexibility index (Phi) is 7.35. The molecule has 20 heavy (non-hydrogen) atoms. The summed E-state index contributed by atoms with van der Waals surface area (Å²) in [6, 6.07) is 8.28. The molecule has 0 saturated carbocycles. The number of likely N-dealkylation sites (tertiary alicyclic amines) is 1. The van der Waals surface area contributed by atoms with Gasteiger partial charge in [-0.05, 0) is 69.3 Å². The highest BCUT2D eigenvalue weighted by Gasteiger charge is 2.19. The number of aliphatic hydroxyl groups excluding tert-OH is 1. The molecule has 1 aromatic rings. The van der Waals surface area contributed by atoms with Crippen LogP contribution in [-0.4, -0.2) is 35.7 Å². The summed E-state index contributed by atoms with van der Waals surface area (Å²) < 4.78 is 0. The molecule has 1 heterocycles. The number of halogens is 1. The summed E-state index contributed by atoms with van der Waals surface area (Å²) in [7, 11) is 0. The Balaban J connectivity index is 0.00000200. The first-order valence-electron chi connectivity index (χ1n) is 7.38. The standard InChI is InChI=1S/C16H26N2O.ClH/c1-13(19)6-9-18-10-7-15(8-11-18)12-14-2-4-16(17)5-3-14;/h2-5,13,15,19H,6-12,17H2,1H3;1H. The van der Waals surface area contributed by atoms with Crippen molar-refractivity contribution in [2.75, 3.05) is 25.4 Å². The number of piperidine rings is 1. The lowest BCUT2D eigenvalue weighted by Crippen LogP contribution is -2.35. The zero-order valence-electron chi connectivity index (χ0n) is 12.3. The number of rotatable bonds is 5. The molecule has 0 bridgehead atoms. The topological polar surface area (TPSA) is 49.5 Å². The maximum Gasteiger partial charge on any atom is 0.0524 e. The Hall–Kier alpha value is -0.770. The number of hydrogen-bond donors (Lipinski definition) is 2. The summed E-state index contributed by atoms with van der Waals surface area (Å²) in [6.45, 7) is 5.25. The molecule has 0 aliphatic carbocycles. The highest BCUT2D eigenvalue weighted by Crippen LogP contribution is 2.22. The molecule has 2 rings (SSSR count). The minimum absolute atomic E-state index is 0. The summed E-state index contributed by atoms with van der Waals surface area (Å²) in [6.07, 6.45) is 4.43. The quantitative estimate of drug-likeness (QED) is 0.822. The molecule has 0 spiro atoms. The van der Waals surface area contributed by atoms with Gasteiger partial charge in [0.15, 0.2) is 0 Å². The monoisotopic (exact) mass is 298 g/mol. The van der Waals surface area contributed by atoms with Crippen molar-refractivity contribution in [3.63, 3.8) is 0 Å². The van der Waals surface area contributed by atoms with E-state index in [0.717, 1.165) is 24.6 Å². The van der Waals surface area contributed by atoms with Gasteiger partial charge in [-0.2, -0.15) is 0 Å². The Bertz CT molecular complexity index is 373. The van der Waals surface area contributed by atoms with Crippen LogP contribution in [0, 0.1) is 5.92 Å². The first-order valence-corrected chi connectivity index (χ1v) is 7.38. The second-order valence-electron chi connectivity index (χ2n) is 5.87. The van der Waals surface area contributed by atoms with E-state index in [9.17, 15) is 5.11 Å². The van der Waals surface area contributed by atoms with Gasteiger partial charge in [-0.1, -0.05) is 12.1 Å². The predicted octanol–water partition coefficient (Wildman–Crippen LogP) is 2.72. The minimum atomic E-state index is -0.174. The van der Waals surface area contributed by atoms with E-state index < -0.39 is 0 Å². The van der Waals surface area contributed by atoms with Crippen LogP contribution in [0.25, 0.3) is 0 Å². The average molecular weight is 299 g/mol. The molecule has 3 N–H and O–H groups in total. The minimum Gasteiger partial charge on any atom is -0.399 e. The Labute approximate surface area is 128 Å². The lowest BCUT2D eigenvalue weighted by atomic mass is 9.90. The molecule has 1 aromatic carbocycles. The smallest absolute Gasteiger partial charge is 0.0524 e. The molecule has 1 aliphatic rings. The van der Waals surface area contributed by atoms with E-state index in [4.69, 9.17) is 5.73 Å². The highest BCUT2D eigenvalue weighted by atomic mass is 35.5. The number of anilines is 1. The predicted molar refractivity (Wildman–Crippen MR) is 87.3 cm³/mol. The van der Waals surface area contributed by atoms with Crippen molar-refractivity contribution in [1.29, 1.82) is 0 Å². The Morgan fingerprint density at radius 3 is 2.40 bits per heavy atom. The van der Waals surface area contributed by atoms with Crippen LogP contribution < -0.4 is 5.73 Å². The summed E-state index contributed by atoms with van der Waals surface area (Å²) in [5.74, 6) is 0.798. The van der Waals surface area contributed by atoms with E-state index in [0.29, 0.717) is 0 Å². The van der Waals surface area contributed by atoms with E-state index in [1.807, 2.05) is 19.1 Å². The number of nitrogens with two attached hydrogens (primary N) is 1. The van der Waals surface area contributed by atoms with Crippen LogP contribution in [0.2, 0.25) is 0 Å². The molecule has 1 saturated heterocycles. The van der Waals surface area contributed by atoms with Gasteiger partial charge >= 0.3 is 0 Å². The normalized spacial score (nSPS) is 18.5. The highest BCUT2D eigenvalue weighted by molar-refractivity contribution is 5.85. The number of hydrogen-bond acceptors (Lipinski definition) is 3. The van der Waals surface area contributed by atoms with Gasteiger partial charge in [0.1, 0.15) is 0 Å². The van der Waals surface area contributed by atoms with E-state index in [1.165, 1.54) is 37.9 Å². The molecule has 0 aromatic heterocycles. The summed E-state index contributed by atoms with van der Waals surface area (Å²) in [5.41, 5.74) is 7.95. The lowest BCUT2D eigenvalue weighted by Gasteiger charge is -2.32. The number of aliphatic hydroxyl groups is 1. The SMILES string of the molecule is CC(O)CCN1CCC(Cc2ccc(N)cc2)CC1.Cl. The maximum atomic E-state index is 9.32.